The number of nitrogens with zero attached hydrogens (tertiary/aromatic N) is 2. The van der Waals surface area contributed by atoms with Gasteiger partial charge in [0.2, 0.25) is 5.88 Å². The molecule has 2 aromatic carbocycles. The third-order valence-electron chi connectivity index (χ3n) is 3.74. The highest BCUT2D eigenvalue weighted by molar-refractivity contribution is 6.21. The van der Waals surface area contributed by atoms with E-state index >= 15 is 0 Å². The van der Waals surface area contributed by atoms with Crippen LogP contribution < -0.4 is 4.74 Å². The Hall–Kier alpha value is -3.34. The van der Waals surface area contributed by atoms with E-state index in [1.807, 2.05) is 60.7 Å². The molecule has 1 aliphatic heterocycles. The van der Waals surface area contributed by atoms with E-state index in [4.69, 9.17) is 4.74 Å². The average Bonchev–Trinajstić information content (AvgIpc) is 3.18. The molecular formula is C19H15N3O2. The molecule has 0 spiro atoms. The Balaban J connectivity index is 1.54. The number of aliphatic imine (C=N–C) groups is 1. The van der Waals surface area contributed by atoms with Gasteiger partial charge >= 0.3 is 0 Å². The van der Waals surface area contributed by atoms with Crippen molar-refractivity contribution in [3.05, 3.63) is 71.7 Å². The van der Waals surface area contributed by atoms with E-state index in [0.29, 0.717) is 11.5 Å². The predicted octanol–water partition coefficient (Wildman–Crippen LogP) is 3.95. The third-order valence-corrected chi connectivity index (χ3v) is 3.74. The van der Waals surface area contributed by atoms with E-state index in [1.54, 1.807) is 6.21 Å². The number of para-hydroxylation sites is 2. The first-order valence-electron chi connectivity index (χ1n) is 7.60. The fourth-order valence-corrected chi connectivity index (χ4v) is 2.57. The Kier molecular flexibility index (Phi) is 3.59. The highest BCUT2D eigenvalue weighted by Gasteiger charge is 2.14. The molecule has 5 nitrogen and oxygen atoms in total. The summed E-state index contributed by atoms with van der Waals surface area (Å²) in [6, 6.07) is 17.4. The van der Waals surface area contributed by atoms with Gasteiger partial charge in [0.1, 0.15) is 23.9 Å². The number of imidazole rings is 1. The molecule has 1 aliphatic rings. The molecule has 0 fully saturated rings. The Morgan fingerprint density at radius 2 is 1.83 bits per heavy atom. The first-order chi connectivity index (χ1) is 11.8. The van der Waals surface area contributed by atoms with Crippen molar-refractivity contribution in [1.29, 1.82) is 0 Å². The summed E-state index contributed by atoms with van der Waals surface area (Å²) in [6.45, 7) is 0.255. The second-order valence-corrected chi connectivity index (χ2v) is 5.40. The van der Waals surface area contributed by atoms with Gasteiger partial charge in [-0.1, -0.05) is 36.4 Å². The van der Waals surface area contributed by atoms with E-state index in [9.17, 15) is 5.11 Å². The van der Waals surface area contributed by atoms with Crippen molar-refractivity contribution in [2.24, 2.45) is 4.99 Å². The molecule has 0 amide bonds. The van der Waals surface area contributed by atoms with Crippen molar-refractivity contribution in [1.82, 2.24) is 9.97 Å². The number of H-pyrrole nitrogens is 1. The maximum atomic E-state index is 10.0. The number of aromatic nitrogens is 2. The zero-order valence-corrected chi connectivity index (χ0v) is 12.8. The van der Waals surface area contributed by atoms with Gasteiger partial charge in [0, 0.05) is 17.4 Å². The summed E-state index contributed by atoms with van der Waals surface area (Å²) in [5.74, 6) is 1.27. The summed E-state index contributed by atoms with van der Waals surface area (Å²) < 4.78 is 5.63. The molecular weight excluding hydrogens is 302 g/mol. The molecule has 1 aromatic heterocycles. The van der Waals surface area contributed by atoms with Crippen molar-refractivity contribution in [2.45, 2.75) is 6.61 Å². The lowest BCUT2D eigenvalue weighted by Crippen LogP contribution is -1.97. The van der Waals surface area contributed by atoms with Crippen LogP contribution in [0.15, 0.2) is 59.6 Å². The number of benzene rings is 2. The monoisotopic (exact) mass is 317 g/mol. The van der Waals surface area contributed by atoms with Crippen molar-refractivity contribution in [2.75, 3.05) is 0 Å². The molecule has 0 saturated heterocycles. The molecule has 118 valence electrons. The molecule has 0 unspecified atom stereocenters. The van der Waals surface area contributed by atoms with E-state index in [2.05, 4.69) is 15.0 Å². The first-order valence-corrected chi connectivity index (χ1v) is 7.60. The Labute approximate surface area is 139 Å². The summed E-state index contributed by atoms with van der Waals surface area (Å²) in [7, 11) is 0. The van der Waals surface area contributed by atoms with Crippen LogP contribution in [0.4, 0.5) is 5.69 Å². The van der Waals surface area contributed by atoms with Crippen LogP contribution in [0.5, 0.6) is 11.6 Å². The maximum Gasteiger partial charge on any atom is 0.237 e. The largest absolute Gasteiger partial charge is 0.492 e. The van der Waals surface area contributed by atoms with Crippen LogP contribution in [-0.4, -0.2) is 21.3 Å². The molecule has 2 heterocycles. The summed E-state index contributed by atoms with van der Waals surface area (Å²) in [5.41, 5.74) is 3.43. The summed E-state index contributed by atoms with van der Waals surface area (Å²) in [6.07, 6.45) is 3.62. The minimum absolute atomic E-state index is 0.0491. The summed E-state index contributed by atoms with van der Waals surface area (Å²) in [5, 5.41) is 10.0. The lowest BCUT2D eigenvalue weighted by atomic mass is 10.1. The highest BCUT2D eigenvalue weighted by Crippen LogP contribution is 2.33. The van der Waals surface area contributed by atoms with Crippen LogP contribution in [0.3, 0.4) is 0 Å². The van der Waals surface area contributed by atoms with Crippen LogP contribution in [0.1, 0.15) is 17.1 Å². The fourth-order valence-electron chi connectivity index (χ4n) is 2.57. The van der Waals surface area contributed by atoms with Crippen LogP contribution >= 0.6 is 0 Å². The zero-order valence-electron chi connectivity index (χ0n) is 12.8. The normalized spacial score (nSPS) is 14.1. The Morgan fingerprint density at radius 1 is 1.04 bits per heavy atom. The number of hydrogen-bond acceptors (Lipinski definition) is 4. The average molecular weight is 317 g/mol. The van der Waals surface area contributed by atoms with Gasteiger partial charge in [-0.2, -0.15) is 4.98 Å². The van der Waals surface area contributed by atoms with Crippen LogP contribution in [0.2, 0.25) is 0 Å². The van der Waals surface area contributed by atoms with Gasteiger partial charge in [-0.05, 0) is 24.3 Å². The molecule has 4 rings (SSSR count). The zero-order chi connectivity index (χ0) is 16.4. The fraction of sp³-hybridized carbons (Fsp3) is 0.0526. The van der Waals surface area contributed by atoms with Gasteiger partial charge in [-0.15, -0.1) is 0 Å². The summed E-state index contributed by atoms with van der Waals surface area (Å²) in [4.78, 5) is 11.6. The van der Waals surface area contributed by atoms with Gasteiger partial charge in [0.15, 0.2) is 0 Å². The molecule has 0 atom stereocenters. The van der Waals surface area contributed by atoms with Crippen LogP contribution in [0.25, 0.3) is 11.6 Å². The lowest BCUT2D eigenvalue weighted by Gasteiger charge is -2.02. The minimum atomic E-state index is -0.0491. The van der Waals surface area contributed by atoms with E-state index in [1.165, 1.54) is 0 Å². The van der Waals surface area contributed by atoms with Crippen molar-refractivity contribution in [3.63, 3.8) is 0 Å². The number of aromatic hydroxyl groups is 1. The van der Waals surface area contributed by atoms with Crippen molar-refractivity contribution in [3.8, 4) is 11.6 Å². The highest BCUT2D eigenvalue weighted by atomic mass is 16.5. The number of allylic oxidation sites excluding steroid dienone is 1. The van der Waals surface area contributed by atoms with Gasteiger partial charge in [-0.3, -0.25) is 4.99 Å². The van der Waals surface area contributed by atoms with Crippen LogP contribution in [0, 0.1) is 0 Å². The standard InChI is InChI=1S/C19H15N3O2/c23-19-17(10-13-11-20-16-9-5-4-8-15(13)16)21-18(22-19)12-24-14-6-2-1-3-7-14/h1-11,23H,12H2,(H,21,22)/b13-10+. The molecule has 0 radical (unpaired) electrons. The Bertz CT molecular complexity index is 927. The van der Waals surface area contributed by atoms with Crippen LogP contribution in [-0.2, 0) is 6.61 Å². The predicted molar refractivity (Wildman–Crippen MR) is 93.5 cm³/mol. The van der Waals surface area contributed by atoms with Gasteiger partial charge in [0.25, 0.3) is 0 Å². The number of fused-ring (bicyclic) bond motifs is 1. The van der Waals surface area contributed by atoms with Gasteiger partial charge in [0.05, 0.1) is 5.69 Å². The van der Waals surface area contributed by atoms with Gasteiger partial charge in [-0.25, -0.2) is 0 Å². The Morgan fingerprint density at radius 3 is 2.71 bits per heavy atom. The second kappa shape index (κ2) is 6.04. The summed E-state index contributed by atoms with van der Waals surface area (Å²) >= 11 is 0. The number of rotatable bonds is 4. The second-order valence-electron chi connectivity index (χ2n) is 5.40. The number of nitrogens with one attached hydrogen (secondary N) is 1. The molecule has 3 aromatic rings. The third kappa shape index (κ3) is 2.79. The van der Waals surface area contributed by atoms with E-state index in [-0.39, 0.29) is 12.5 Å². The SMILES string of the molecule is Oc1nc(COc2ccccc2)[nH]c1/C=C1\C=Nc2ccccc21. The first kappa shape index (κ1) is 14.3. The molecule has 24 heavy (non-hydrogen) atoms. The quantitative estimate of drug-likeness (QED) is 0.765. The van der Waals surface area contributed by atoms with Crippen molar-refractivity contribution >= 4 is 23.6 Å². The molecule has 0 aliphatic carbocycles. The molecule has 5 heteroatoms. The van der Waals surface area contributed by atoms with E-state index < -0.39 is 0 Å². The van der Waals surface area contributed by atoms with E-state index in [0.717, 1.165) is 22.6 Å². The minimum Gasteiger partial charge on any atom is -0.492 e. The number of ether oxygens (including phenoxy) is 1. The maximum absolute atomic E-state index is 10.0. The topological polar surface area (TPSA) is 70.5 Å². The molecule has 0 bridgehead atoms. The lowest BCUT2D eigenvalue weighted by molar-refractivity contribution is 0.296. The molecule has 2 N–H and O–H groups in total. The van der Waals surface area contributed by atoms with Crippen molar-refractivity contribution < 1.29 is 9.84 Å². The number of hydrogen-bond donors (Lipinski definition) is 2. The number of aromatic amines is 1. The van der Waals surface area contributed by atoms with Gasteiger partial charge < -0.3 is 14.8 Å². The molecule has 0 saturated carbocycles. The smallest absolute Gasteiger partial charge is 0.237 e.